The van der Waals surface area contributed by atoms with Crippen molar-refractivity contribution in [3.05, 3.63) is 40.4 Å². The van der Waals surface area contributed by atoms with Crippen LogP contribution in [0.3, 0.4) is 0 Å². The molecule has 1 aliphatic rings. The number of amides is 1. The molecule has 0 aliphatic carbocycles. The second-order valence-corrected chi connectivity index (χ2v) is 7.32. The highest BCUT2D eigenvalue weighted by atomic mass is 32.1. The molecule has 0 radical (unpaired) electrons. The molecule has 0 atom stereocenters. The van der Waals surface area contributed by atoms with E-state index in [4.69, 9.17) is 0 Å². The Kier molecular flexibility index (Phi) is 5.04. The highest BCUT2D eigenvalue weighted by molar-refractivity contribution is 7.15. The van der Waals surface area contributed by atoms with Gasteiger partial charge in [-0.3, -0.25) is 4.79 Å². The summed E-state index contributed by atoms with van der Waals surface area (Å²) in [6.45, 7) is 7.25. The van der Waals surface area contributed by atoms with E-state index in [2.05, 4.69) is 16.8 Å². The molecule has 2 heterocycles. The fraction of sp³-hybridized carbons (Fsp3) is 0.444. The summed E-state index contributed by atoms with van der Waals surface area (Å²) < 4.78 is 0. The summed E-state index contributed by atoms with van der Waals surface area (Å²) in [7, 11) is 0. The Bertz CT molecular complexity index is 701. The maximum atomic E-state index is 12.4. The third kappa shape index (κ3) is 3.70. The standard InChI is InChI=1S/C18H23N3O2S/c1-13-14(2)24-18(19-13)21-11-9-20(10-12-21)17(23)8-7-15-5-3-4-6-16(15)22/h3-6,22H,7-12H2,1-2H3. The summed E-state index contributed by atoms with van der Waals surface area (Å²) in [6.07, 6.45) is 1.02. The van der Waals surface area contributed by atoms with Crippen LogP contribution in [-0.4, -0.2) is 47.1 Å². The monoisotopic (exact) mass is 345 g/mol. The molecule has 0 spiro atoms. The molecule has 1 aromatic heterocycles. The van der Waals surface area contributed by atoms with Crippen molar-refractivity contribution in [1.29, 1.82) is 0 Å². The summed E-state index contributed by atoms with van der Waals surface area (Å²) in [4.78, 5) is 22.4. The smallest absolute Gasteiger partial charge is 0.223 e. The number of phenols is 1. The summed E-state index contributed by atoms with van der Waals surface area (Å²) in [5.41, 5.74) is 1.93. The second kappa shape index (κ2) is 7.21. The van der Waals surface area contributed by atoms with E-state index in [0.29, 0.717) is 12.8 Å². The zero-order chi connectivity index (χ0) is 17.1. The van der Waals surface area contributed by atoms with Crippen molar-refractivity contribution in [2.24, 2.45) is 0 Å². The maximum absolute atomic E-state index is 12.4. The molecular weight excluding hydrogens is 322 g/mol. The Morgan fingerprint density at radius 2 is 1.92 bits per heavy atom. The zero-order valence-corrected chi connectivity index (χ0v) is 15.0. The first-order chi connectivity index (χ1) is 11.5. The lowest BCUT2D eigenvalue weighted by atomic mass is 10.1. The number of piperazine rings is 1. The van der Waals surface area contributed by atoms with Crippen molar-refractivity contribution in [2.45, 2.75) is 26.7 Å². The molecule has 1 aromatic carbocycles. The van der Waals surface area contributed by atoms with Crippen molar-refractivity contribution < 1.29 is 9.90 Å². The molecule has 1 fully saturated rings. The topological polar surface area (TPSA) is 56.7 Å². The van der Waals surface area contributed by atoms with E-state index in [1.165, 1.54) is 4.88 Å². The molecule has 5 nitrogen and oxygen atoms in total. The molecule has 1 saturated heterocycles. The van der Waals surface area contributed by atoms with Gasteiger partial charge in [0.05, 0.1) is 5.69 Å². The number of hydrogen-bond acceptors (Lipinski definition) is 5. The van der Waals surface area contributed by atoms with Crippen molar-refractivity contribution in [1.82, 2.24) is 9.88 Å². The first kappa shape index (κ1) is 16.8. The summed E-state index contributed by atoms with van der Waals surface area (Å²) in [6, 6.07) is 7.21. The van der Waals surface area contributed by atoms with Gasteiger partial charge < -0.3 is 14.9 Å². The number of hydrogen-bond donors (Lipinski definition) is 1. The van der Waals surface area contributed by atoms with Gasteiger partial charge in [-0.15, -0.1) is 11.3 Å². The van der Waals surface area contributed by atoms with E-state index in [0.717, 1.165) is 42.6 Å². The number of aryl methyl sites for hydroxylation is 3. The molecule has 0 bridgehead atoms. The number of carbonyl (C=O) groups is 1. The van der Waals surface area contributed by atoms with Crippen LogP contribution in [0.4, 0.5) is 5.13 Å². The van der Waals surface area contributed by atoms with Gasteiger partial charge in [-0.1, -0.05) is 18.2 Å². The van der Waals surface area contributed by atoms with E-state index in [1.54, 1.807) is 23.5 Å². The normalized spacial score (nSPS) is 14.9. The Hall–Kier alpha value is -2.08. The molecule has 1 aliphatic heterocycles. The van der Waals surface area contributed by atoms with Gasteiger partial charge in [0.2, 0.25) is 5.91 Å². The minimum absolute atomic E-state index is 0.157. The predicted molar refractivity (Wildman–Crippen MR) is 96.8 cm³/mol. The number of phenolic OH excluding ortho intramolecular Hbond substituents is 1. The van der Waals surface area contributed by atoms with Gasteiger partial charge in [0, 0.05) is 37.5 Å². The Morgan fingerprint density at radius 1 is 1.21 bits per heavy atom. The summed E-state index contributed by atoms with van der Waals surface area (Å²) >= 11 is 1.72. The average molecular weight is 345 g/mol. The zero-order valence-electron chi connectivity index (χ0n) is 14.2. The van der Waals surface area contributed by atoms with Gasteiger partial charge in [0.25, 0.3) is 0 Å². The van der Waals surface area contributed by atoms with Crippen LogP contribution >= 0.6 is 11.3 Å². The molecule has 2 aromatic rings. The fourth-order valence-electron chi connectivity index (χ4n) is 2.86. The minimum atomic E-state index is 0.157. The number of benzene rings is 1. The largest absolute Gasteiger partial charge is 0.508 e. The number of aromatic nitrogens is 1. The van der Waals surface area contributed by atoms with Crippen LogP contribution in [0.25, 0.3) is 0 Å². The average Bonchev–Trinajstić information content (AvgIpc) is 2.93. The van der Waals surface area contributed by atoms with Gasteiger partial charge in [-0.05, 0) is 31.9 Å². The van der Waals surface area contributed by atoms with Gasteiger partial charge in [0.1, 0.15) is 5.75 Å². The van der Waals surface area contributed by atoms with Crippen molar-refractivity contribution in [3.63, 3.8) is 0 Å². The molecule has 3 rings (SSSR count). The molecule has 0 unspecified atom stereocenters. The number of para-hydroxylation sites is 1. The van der Waals surface area contributed by atoms with E-state index in [1.807, 2.05) is 24.0 Å². The predicted octanol–water partition coefficient (Wildman–Crippen LogP) is 2.75. The van der Waals surface area contributed by atoms with Crippen molar-refractivity contribution >= 4 is 22.4 Å². The second-order valence-electron chi connectivity index (χ2n) is 6.13. The van der Waals surface area contributed by atoms with Crippen molar-refractivity contribution in [2.75, 3.05) is 31.1 Å². The lowest BCUT2D eigenvalue weighted by molar-refractivity contribution is -0.131. The van der Waals surface area contributed by atoms with Crippen molar-refractivity contribution in [3.8, 4) is 5.75 Å². The van der Waals surface area contributed by atoms with Gasteiger partial charge in [-0.2, -0.15) is 0 Å². The number of aromatic hydroxyl groups is 1. The highest BCUT2D eigenvalue weighted by Crippen LogP contribution is 2.26. The number of nitrogens with zero attached hydrogens (tertiary/aromatic N) is 3. The molecule has 128 valence electrons. The van der Waals surface area contributed by atoms with Crippen LogP contribution in [0, 0.1) is 13.8 Å². The van der Waals surface area contributed by atoms with Crippen LogP contribution in [0.15, 0.2) is 24.3 Å². The number of rotatable bonds is 4. The Balaban J connectivity index is 1.51. The minimum Gasteiger partial charge on any atom is -0.508 e. The molecule has 0 saturated carbocycles. The van der Waals surface area contributed by atoms with E-state index < -0.39 is 0 Å². The number of carbonyl (C=O) groups excluding carboxylic acids is 1. The molecule has 1 amide bonds. The lowest BCUT2D eigenvalue weighted by Gasteiger charge is -2.34. The first-order valence-corrected chi connectivity index (χ1v) is 9.10. The number of anilines is 1. The quantitative estimate of drug-likeness (QED) is 0.926. The van der Waals surface area contributed by atoms with Crippen LogP contribution < -0.4 is 4.90 Å². The van der Waals surface area contributed by atoms with Crippen LogP contribution in [0.2, 0.25) is 0 Å². The lowest BCUT2D eigenvalue weighted by Crippen LogP contribution is -2.48. The highest BCUT2D eigenvalue weighted by Gasteiger charge is 2.23. The molecular formula is C18H23N3O2S. The Labute approximate surface area is 146 Å². The molecule has 6 heteroatoms. The van der Waals surface area contributed by atoms with E-state index >= 15 is 0 Å². The number of thiazole rings is 1. The molecule has 24 heavy (non-hydrogen) atoms. The first-order valence-electron chi connectivity index (χ1n) is 8.28. The van der Waals surface area contributed by atoms with Crippen LogP contribution in [-0.2, 0) is 11.2 Å². The maximum Gasteiger partial charge on any atom is 0.223 e. The summed E-state index contributed by atoms with van der Waals surface area (Å²) in [5, 5.41) is 10.8. The Morgan fingerprint density at radius 3 is 2.54 bits per heavy atom. The fourth-order valence-corrected chi connectivity index (χ4v) is 3.82. The van der Waals surface area contributed by atoms with Crippen LogP contribution in [0.5, 0.6) is 5.75 Å². The van der Waals surface area contributed by atoms with Crippen LogP contribution in [0.1, 0.15) is 22.6 Å². The van der Waals surface area contributed by atoms with E-state index in [9.17, 15) is 9.90 Å². The van der Waals surface area contributed by atoms with Gasteiger partial charge in [0.15, 0.2) is 5.13 Å². The SMILES string of the molecule is Cc1nc(N2CCN(C(=O)CCc3ccccc3O)CC2)sc1C. The third-order valence-corrected chi connectivity index (χ3v) is 5.65. The van der Waals surface area contributed by atoms with Gasteiger partial charge in [-0.25, -0.2) is 4.98 Å². The molecule has 1 N–H and O–H groups in total. The van der Waals surface area contributed by atoms with Gasteiger partial charge >= 0.3 is 0 Å². The third-order valence-electron chi connectivity index (χ3n) is 4.52. The summed E-state index contributed by atoms with van der Waals surface area (Å²) in [5.74, 6) is 0.425. The van der Waals surface area contributed by atoms with E-state index in [-0.39, 0.29) is 11.7 Å².